The predicted molar refractivity (Wildman–Crippen MR) is 126 cm³/mol. The van der Waals surface area contributed by atoms with Crippen LogP contribution in [0.2, 0.25) is 0 Å². The molecular weight excluding hydrogens is 392 g/mol. The fourth-order valence-electron chi connectivity index (χ4n) is 4.31. The van der Waals surface area contributed by atoms with Gasteiger partial charge in [0.25, 0.3) is 5.91 Å². The van der Waals surface area contributed by atoms with Crippen molar-refractivity contribution in [1.82, 2.24) is 5.32 Å². The second kappa shape index (κ2) is 8.16. The zero-order valence-corrected chi connectivity index (χ0v) is 18.3. The van der Waals surface area contributed by atoms with E-state index in [1.165, 1.54) is 22.0 Å². The van der Waals surface area contributed by atoms with Gasteiger partial charge in [-0.3, -0.25) is 4.79 Å². The van der Waals surface area contributed by atoms with E-state index in [1.807, 2.05) is 24.3 Å². The van der Waals surface area contributed by atoms with Crippen LogP contribution in [-0.2, 0) is 11.3 Å². The van der Waals surface area contributed by atoms with Crippen LogP contribution in [0.1, 0.15) is 41.8 Å². The molecule has 0 unspecified atom stereocenters. The van der Waals surface area contributed by atoms with Crippen molar-refractivity contribution in [2.45, 2.75) is 31.6 Å². The molecule has 0 saturated heterocycles. The lowest BCUT2D eigenvalue weighted by atomic mass is 9.82. The van der Waals surface area contributed by atoms with Gasteiger partial charge in [-0.05, 0) is 46.5 Å². The van der Waals surface area contributed by atoms with Crippen molar-refractivity contribution >= 4 is 34.0 Å². The molecule has 154 valence electrons. The van der Waals surface area contributed by atoms with Crippen molar-refractivity contribution in [1.29, 1.82) is 0 Å². The molecule has 1 amide bonds. The Morgan fingerprint density at radius 3 is 2.53 bits per heavy atom. The minimum atomic E-state index is -0.121. The highest BCUT2D eigenvalue weighted by molar-refractivity contribution is 6.17. The number of carbonyl (C=O) groups excluding carboxylic acids is 1. The average Bonchev–Trinajstić information content (AvgIpc) is 2.97. The Hall–Kier alpha value is -2.78. The first kappa shape index (κ1) is 20.5. The van der Waals surface area contributed by atoms with E-state index in [1.54, 1.807) is 0 Å². The van der Waals surface area contributed by atoms with Crippen molar-refractivity contribution in [3.8, 4) is 0 Å². The van der Waals surface area contributed by atoms with E-state index in [-0.39, 0.29) is 11.3 Å². The SMILES string of the molecule is C=C1N(CCCNC(=O)c2ccc(CCl)cc2)c2ccc3ccccc3c2C1(C)C. The van der Waals surface area contributed by atoms with E-state index in [4.69, 9.17) is 11.6 Å². The summed E-state index contributed by atoms with van der Waals surface area (Å²) in [5.74, 6) is 0.400. The van der Waals surface area contributed by atoms with Gasteiger partial charge < -0.3 is 10.2 Å². The molecule has 0 fully saturated rings. The van der Waals surface area contributed by atoms with E-state index in [0.717, 1.165) is 24.2 Å². The molecule has 0 saturated carbocycles. The number of nitrogens with zero attached hydrogens (tertiary/aromatic N) is 1. The fourth-order valence-corrected chi connectivity index (χ4v) is 4.49. The fraction of sp³-hybridized carbons (Fsp3) is 0.269. The first-order valence-corrected chi connectivity index (χ1v) is 10.9. The summed E-state index contributed by atoms with van der Waals surface area (Å²) in [5, 5.41) is 5.57. The summed E-state index contributed by atoms with van der Waals surface area (Å²) >= 11 is 5.81. The van der Waals surface area contributed by atoms with Crippen LogP contribution in [0, 0.1) is 0 Å². The Kier molecular flexibility index (Phi) is 5.57. The van der Waals surface area contributed by atoms with Gasteiger partial charge in [-0.25, -0.2) is 0 Å². The highest BCUT2D eigenvalue weighted by atomic mass is 35.5. The number of rotatable bonds is 6. The minimum Gasteiger partial charge on any atom is -0.352 e. The lowest BCUT2D eigenvalue weighted by Crippen LogP contribution is -2.30. The Labute approximate surface area is 183 Å². The number of halogens is 1. The Balaban J connectivity index is 1.44. The third-order valence-corrected chi connectivity index (χ3v) is 6.39. The molecule has 1 aliphatic heterocycles. The average molecular weight is 419 g/mol. The second-order valence-corrected chi connectivity index (χ2v) is 8.61. The van der Waals surface area contributed by atoms with Gasteiger partial charge in [-0.1, -0.05) is 62.9 Å². The largest absolute Gasteiger partial charge is 0.352 e. The Morgan fingerprint density at radius 1 is 1.07 bits per heavy atom. The molecule has 3 aromatic rings. The molecule has 0 atom stereocenters. The molecule has 3 nitrogen and oxygen atoms in total. The minimum absolute atomic E-state index is 0.0527. The molecule has 1 heterocycles. The predicted octanol–water partition coefficient (Wildman–Crippen LogP) is 6.01. The highest BCUT2D eigenvalue weighted by Gasteiger charge is 2.39. The van der Waals surface area contributed by atoms with Crippen LogP contribution in [0.3, 0.4) is 0 Å². The van der Waals surface area contributed by atoms with Crippen molar-refractivity contribution in [2.24, 2.45) is 0 Å². The molecule has 4 rings (SSSR count). The van der Waals surface area contributed by atoms with Gasteiger partial charge >= 0.3 is 0 Å². The number of anilines is 1. The molecule has 0 radical (unpaired) electrons. The molecular formula is C26H27ClN2O. The van der Waals surface area contributed by atoms with Gasteiger partial charge in [0.2, 0.25) is 0 Å². The van der Waals surface area contributed by atoms with Crippen molar-refractivity contribution < 1.29 is 4.79 Å². The molecule has 1 aliphatic rings. The molecule has 0 bridgehead atoms. The van der Waals surface area contributed by atoms with E-state index in [2.05, 4.69) is 67.0 Å². The molecule has 3 aromatic carbocycles. The number of alkyl halides is 1. The number of benzene rings is 3. The summed E-state index contributed by atoms with van der Waals surface area (Å²) in [6, 6.07) is 20.3. The van der Waals surface area contributed by atoms with E-state index in [9.17, 15) is 4.79 Å². The van der Waals surface area contributed by atoms with Crippen molar-refractivity contribution in [2.75, 3.05) is 18.0 Å². The monoisotopic (exact) mass is 418 g/mol. The zero-order valence-electron chi connectivity index (χ0n) is 17.5. The van der Waals surface area contributed by atoms with Gasteiger partial charge in [0.05, 0.1) is 0 Å². The summed E-state index contributed by atoms with van der Waals surface area (Å²) in [5.41, 5.74) is 5.23. The number of carbonyl (C=O) groups is 1. The summed E-state index contributed by atoms with van der Waals surface area (Å²) in [6.45, 7) is 10.3. The van der Waals surface area contributed by atoms with Crippen LogP contribution < -0.4 is 10.2 Å². The van der Waals surface area contributed by atoms with E-state index < -0.39 is 0 Å². The quantitative estimate of drug-likeness (QED) is 0.392. The van der Waals surface area contributed by atoms with Crippen LogP contribution >= 0.6 is 11.6 Å². The summed E-state index contributed by atoms with van der Waals surface area (Å²) in [4.78, 5) is 14.7. The van der Waals surface area contributed by atoms with Gasteiger partial charge in [-0.2, -0.15) is 0 Å². The third-order valence-electron chi connectivity index (χ3n) is 6.08. The number of hydrogen-bond donors (Lipinski definition) is 1. The number of nitrogens with one attached hydrogen (secondary N) is 1. The molecule has 0 aromatic heterocycles. The van der Waals surface area contributed by atoms with Crippen LogP contribution in [0.4, 0.5) is 5.69 Å². The Bertz CT molecular complexity index is 1100. The maximum absolute atomic E-state index is 12.4. The molecule has 0 spiro atoms. The lowest BCUT2D eigenvalue weighted by Gasteiger charge is -2.26. The molecule has 4 heteroatoms. The Morgan fingerprint density at radius 2 is 1.80 bits per heavy atom. The maximum Gasteiger partial charge on any atom is 0.251 e. The van der Waals surface area contributed by atoms with Crippen molar-refractivity contribution in [3.05, 3.63) is 89.6 Å². The van der Waals surface area contributed by atoms with Crippen LogP contribution in [-0.4, -0.2) is 19.0 Å². The maximum atomic E-state index is 12.4. The molecule has 30 heavy (non-hydrogen) atoms. The summed E-state index contributed by atoms with van der Waals surface area (Å²) in [7, 11) is 0. The van der Waals surface area contributed by atoms with E-state index >= 15 is 0 Å². The van der Waals surface area contributed by atoms with Gasteiger partial charge in [-0.15, -0.1) is 11.6 Å². The first-order valence-electron chi connectivity index (χ1n) is 10.4. The van der Waals surface area contributed by atoms with Gasteiger partial charge in [0.15, 0.2) is 0 Å². The number of amides is 1. The number of allylic oxidation sites excluding steroid dienone is 1. The standard InChI is InChI=1S/C26H27ClN2O/c1-18-26(2,3)24-22-8-5-4-7-20(22)13-14-23(24)29(18)16-6-15-28-25(30)21-11-9-19(17-27)10-12-21/h4-5,7-14H,1,6,15-17H2,2-3H3,(H,28,30). The second-order valence-electron chi connectivity index (χ2n) is 8.34. The number of fused-ring (bicyclic) bond motifs is 3. The van der Waals surface area contributed by atoms with Crippen molar-refractivity contribution in [3.63, 3.8) is 0 Å². The summed E-state index contributed by atoms with van der Waals surface area (Å²) in [6.07, 6.45) is 0.840. The first-order chi connectivity index (χ1) is 14.4. The molecule has 1 N–H and O–H groups in total. The van der Waals surface area contributed by atoms with E-state index in [0.29, 0.717) is 18.0 Å². The van der Waals surface area contributed by atoms with Gasteiger partial charge in [0.1, 0.15) is 0 Å². The number of hydrogen-bond acceptors (Lipinski definition) is 2. The normalized spacial score (nSPS) is 14.8. The highest BCUT2D eigenvalue weighted by Crippen LogP contribution is 2.49. The van der Waals surface area contributed by atoms with Gasteiger partial charge in [0, 0.05) is 41.3 Å². The van der Waals surface area contributed by atoms with Crippen LogP contribution in [0.5, 0.6) is 0 Å². The zero-order chi connectivity index (χ0) is 21.3. The van der Waals surface area contributed by atoms with Crippen LogP contribution in [0.15, 0.2) is 72.9 Å². The smallest absolute Gasteiger partial charge is 0.251 e. The van der Waals surface area contributed by atoms with Crippen LogP contribution in [0.25, 0.3) is 10.8 Å². The lowest BCUT2D eigenvalue weighted by molar-refractivity contribution is 0.0953. The summed E-state index contributed by atoms with van der Waals surface area (Å²) < 4.78 is 0. The topological polar surface area (TPSA) is 32.3 Å². The molecule has 0 aliphatic carbocycles. The third kappa shape index (κ3) is 3.59.